The Morgan fingerprint density at radius 2 is 1.95 bits per heavy atom. The van der Waals surface area contributed by atoms with E-state index in [1.54, 1.807) is 6.33 Å². The molecule has 0 N–H and O–H groups in total. The van der Waals surface area contributed by atoms with Crippen molar-refractivity contribution in [2.24, 2.45) is 0 Å². The van der Waals surface area contributed by atoms with Gasteiger partial charge in [0.05, 0.1) is 26.1 Å². The molecule has 0 saturated heterocycles. The Hall–Kier alpha value is -0.850. The van der Waals surface area contributed by atoms with E-state index in [0.29, 0.717) is 49.0 Å². The number of nitrogens with zero attached hydrogens (tertiary/aromatic N) is 4. The third-order valence-corrected chi connectivity index (χ3v) is 4.34. The molecular weight excluding hydrogens is 315 g/mol. The highest BCUT2D eigenvalue weighted by Gasteiger charge is 2.10. The largest absolute Gasteiger partial charge is 0.370 e. The quantitative estimate of drug-likeness (QED) is 0.399. The first-order valence-corrected chi connectivity index (χ1v) is 8.42. The summed E-state index contributed by atoms with van der Waals surface area (Å²) in [5.41, 5.74) is 1.31. The molecule has 0 aromatic carbocycles. The Kier molecular flexibility index (Phi) is 6.73. The van der Waals surface area contributed by atoms with Crippen molar-refractivity contribution in [3.8, 4) is 0 Å². The van der Waals surface area contributed by atoms with Crippen LogP contribution < -0.4 is 0 Å². The van der Waals surface area contributed by atoms with E-state index < -0.39 is 8.38 Å². The molecule has 2 aromatic heterocycles. The van der Waals surface area contributed by atoms with E-state index >= 15 is 0 Å². The monoisotopic (exact) mass is 332 g/mol. The summed E-state index contributed by atoms with van der Waals surface area (Å²) < 4.78 is 18.4. The van der Waals surface area contributed by atoms with Gasteiger partial charge in [0.1, 0.15) is 18.2 Å². The van der Waals surface area contributed by atoms with Crippen molar-refractivity contribution in [1.82, 2.24) is 19.5 Å². The minimum atomic E-state index is -0.963. The Morgan fingerprint density at radius 3 is 2.67 bits per heavy atom. The van der Waals surface area contributed by atoms with E-state index in [0.717, 1.165) is 0 Å². The van der Waals surface area contributed by atoms with Gasteiger partial charge in [-0.1, -0.05) is 11.6 Å². The molecule has 0 radical (unpaired) electrons. The van der Waals surface area contributed by atoms with Crippen LogP contribution in [0, 0.1) is 0 Å². The number of hydrogen-bond donors (Lipinski definition) is 0. The Morgan fingerprint density at radius 1 is 1.19 bits per heavy atom. The van der Waals surface area contributed by atoms with E-state index in [4.69, 9.17) is 25.4 Å². The fraction of sp³-hybridized carbons (Fsp3) is 0.583. The van der Waals surface area contributed by atoms with Gasteiger partial charge in [0.2, 0.25) is 0 Å². The van der Waals surface area contributed by atoms with Crippen LogP contribution in [0.15, 0.2) is 12.7 Å². The third kappa shape index (κ3) is 4.56. The van der Waals surface area contributed by atoms with Gasteiger partial charge in [-0.15, -0.1) is 0 Å². The maximum absolute atomic E-state index is 5.95. The topological polar surface area (TPSA) is 71.3 Å². The van der Waals surface area contributed by atoms with Gasteiger partial charge in [0.15, 0.2) is 19.2 Å². The molecular formula is C12H18ClN4O3P. The number of hydrogen-bond acceptors (Lipinski definition) is 6. The van der Waals surface area contributed by atoms with Crippen molar-refractivity contribution in [3.05, 3.63) is 17.8 Å². The van der Waals surface area contributed by atoms with Crippen LogP contribution in [0.25, 0.3) is 11.2 Å². The molecule has 0 unspecified atom stereocenters. The minimum Gasteiger partial charge on any atom is -0.370 e. The molecule has 0 spiro atoms. The van der Waals surface area contributed by atoms with Crippen molar-refractivity contribution in [2.75, 3.05) is 26.2 Å². The fourth-order valence-electron chi connectivity index (χ4n) is 1.72. The average Bonchev–Trinajstić information content (AvgIpc) is 2.89. The van der Waals surface area contributed by atoms with Gasteiger partial charge in [-0.2, -0.15) is 0 Å². The number of ether oxygens (including phenoxy) is 1. The molecule has 2 aromatic rings. The highest BCUT2D eigenvalue weighted by Crippen LogP contribution is 2.37. The zero-order valence-electron chi connectivity index (χ0n) is 12.0. The molecule has 0 fully saturated rings. The number of rotatable bonds is 9. The first-order valence-electron chi connectivity index (χ1n) is 6.68. The summed E-state index contributed by atoms with van der Waals surface area (Å²) in [6, 6.07) is 0. The lowest BCUT2D eigenvalue weighted by molar-refractivity contribution is 0.145. The summed E-state index contributed by atoms with van der Waals surface area (Å²) in [5, 5.41) is 0.357. The van der Waals surface area contributed by atoms with Gasteiger partial charge in [0.25, 0.3) is 0 Å². The van der Waals surface area contributed by atoms with Crippen molar-refractivity contribution in [2.45, 2.75) is 20.4 Å². The van der Waals surface area contributed by atoms with Crippen LogP contribution in [0.4, 0.5) is 0 Å². The van der Waals surface area contributed by atoms with E-state index in [9.17, 15) is 0 Å². The first kappa shape index (κ1) is 16.5. The number of halogens is 1. The number of aromatic nitrogens is 4. The standard InChI is InChI=1S/C12H18ClN4O3P/c1-3-19-21(20-4-2)9-18-6-5-17-8-16-10-11(13)14-7-15-12(10)17/h7-8H,3-6,9H2,1-2H3. The van der Waals surface area contributed by atoms with Gasteiger partial charge in [-0.3, -0.25) is 0 Å². The second-order valence-electron chi connectivity index (χ2n) is 3.98. The molecule has 0 aliphatic heterocycles. The van der Waals surface area contributed by atoms with Crippen LogP contribution in [0.1, 0.15) is 13.8 Å². The van der Waals surface area contributed by atoms with E-state index in [-0.39, 0.29) is 0 Å². The Bertz CT molecular complexity index is 562. The molecule has 21 heavy (non-hydrogen) atoms. The molecule has 0 bridgehead atoms. The zero-order chi connectivity index (χ0) is 15.1. The summed E-state index contributed by atoms with van der Waals surface area (Å²) in [4.78, 5) is 12.3. The smallest absolute Gasteiger partial charge is 0.198 e. The molecule has 0 aliphatic rings. The van der Waals surface area contributed by atoms with Crippen LogP contribution in [-0.2, 0) is 20.3 Å². The summed E-state index contributed by atoms with van der Waals surface area (Å²) in [6.07, 6.45) is 3.56. The van der Waals surface area contributed by atoms with Gasteiger partial charge in [0, 0.05) is 6.54 Å². The van der Waals surface area contributed by atoms with Crippen LogP contribution in [0.3, 0.4) is 0 Å². The lowest BCUT2D eigenvalue weighted by Crippen LogP contribution is -2.07. The van der Waals surface area contributed by atoms with Gasteiger partial charge >= 0.3 is 0 Å². The molecule has 0 aliphatic carbocycles. The summed E-state index contributed by atoms with van der Waals surface area (Å²) >= 11 is 5.95. The Balaban J connectivity index is 1.83. The van der Waals surface area contributed by atoms with Crippen molar-refractivity contribution in [1.29, 1.82) is 0 Å². The predicted molar refractivity (Wildman–Crippen MR) is 81.3 cm³/mol. The predicted octanol–water partition coefficient (Wildman–Crippen LogP) is 2.84. The SMILES string of the molecule is CCOP(COCCn1cnc2c(Cl)ncnc21)OCC. The molecule has 116 valence electrons. The van der Waals surface area contributed by atoms with E-state index in [1.165, 1.54) is 6.33 Å². The minimum absolute atomic E-state index is 0.357. The van der Waals surface area contributed by atoms with Gasteiger partial charge in [-0.25, -0.2) is 15.0 Å². The van der Waals surface area contributed by atoms with Crippen LogP contribution in [0.5, 0.6) is 0 Å². The van der Waals surface area contributed by atoms with Gasteiger partial charge in [-0.05, 0) is 13.8 Å². The summed E-state index contributed by atoms with van der Waals surface area (Å²) in [6.45, 7) is 6.27. The maximum Gasteiger partial charge on any atom is 0.198 e. The normalized spacial score (nSPS) is 11.6. The number of imidazole rings is 1. The van der Waals surface area contributed by atoms with Crippen molar-refractivity contribution < 1.29 is 13.8 Å². The molecule has 9 heteroatoms. The van der Waals surface area contributed by atoms with E-state index in [2.05, 4.69) is 15.0 Å². The van der Waals surface area contributed by atoms with Gasteiger partial charge < -0.3 is 18.4 Å². The maximum atomic E-state index is 5.95. The van der Waals surface area contributed by atoms with Crippen LogP contribution in [0.2, 0.25) is 5.15 Å². The van der Waals surface area contributed by atoms with E-state index in [1.807, 2.05) is 18.4 Å². The first-order chi connectivity index (χ1) is 10.3. The molecule has 0 atom stereocenters. The van der Waals surface area contributed by atoms with Crippen molar-refractivity contribution >= 4 is 31.1 Å². The second-order valence-corrected chi connectivity index (χ2v) is 5.78. The fourth-order valence-corrected chi connectivity index (χ4v) is 2.97. The molecule has 0 saturated carbocycles. The third-order valence-electron chi connectivity index (χ3n) is 2.58. The molecule has 0 amide bonds. The molecule has 7 nitrogen and oxygen atoms in total. The zero-order valence-corrected chi connectivity index (χ0v) is 13.7. The Labute approximate surface area is 129 Å². The summed E-state index contributed by atoms with van der Waals surface area (Å²) in [5.74, 6) is 0. The lowest BCUT2D eigenvalue weighted by atomic mass is 10.5. The molecule has 2 heterocycles. The lowest BCUT2D eigenvalue weighted by Gasteiger charge is -2.15. The van der Waals surface area contributed by atoms with Crippen LogP contribution in [-0.4, -0.2) is 45.7 Å². The van der Waals surface area contributed by atoms with Crippen molar-refractivity contribution in [3.63, 3.8) is 0 Å². The number of fused-ring (bicyclic) bond motifs is 1. The summed E-state index contributed by atoms with van der Waals surface area (Å²) in [7, 11) is -0.963. The highest BCUT2D eigenvalue weighted by molar-refractivity contribution is 7.47. The highest BCUT2D eigenvalue weighted by atomic mass is 35.5. The second kappa shape index (κ2) is 8.56. The molecule has 2 rings (SSSR count). The van der Waals surface area contributed by atoms with Crippen LogP contribution >= 0.6 is 20.0 Å². The average molecular weight is 333 g/mol.